The van der Waals surface area contributed by atoms with Crippen LogP contribution in [0.1, 0.15) is 31.9 Å². The van der Waals surface area contributed by atoms with Gasteiger partial charge in [0.1, 0.15) is 17.3 Å². The summed E-state index contributed by atoms with van der Waals surface area (Å²) in [6.45, 7) is 6.35. The van der Waals surface area contributed by atoms with Crippen molar-refractivity contribution in [3.05, 3.63) is 47.8 Å². The molecule has 0 spiro atoms. The Morgan fingerprint density at radius 3 is 2.44 bits per heavy atom. The van der Waals surface area contributed by atoms with Gasteiger partial charge in [0.2, 0.25) is 0 Å². The second-order valence-electron chi connectivity index (χ2n) is 6.61. The highest BCUT2D eigenvalue weighted by molar-refractivity contribution is 6.54. The van der Waals surface area contributed by atoms with Crippen molar-refractivity contribution in [3.8, 4) is 0 Å². The van der Waals surface area contributed by atoms with E-state index in [1.165, 1.54) is 0 Å². The highest BCUT2D eigenvalue weighted by Crippen LogP contribution is 2.31. The molecular formula is C19H20N6O2. The van der Waals surface area contributed by atoms with Crippen LogP contribution in [0, 0.1) is 0 Å². The van der Waals surface area contributed by atoms with Crippen molar-refractivity contribution in [2.75, 3.05) is 16.3 Å². The number of aromatic nitrogens is 2. The number of hydrogen-bond acceptors (Lipinski definition) is 7. The first kappa shape index (κ1) is 17.3. The number of likely N-dealkylation sites (N-methyl/N-ethyl adjacent to an activating group) is 1. The van der Waals surface area contributed by atoms with E-state index in [9.17, 15) is 9.90 Å². The molecule has 0 fully saturated rings. The van der Waals surface area contributed by atoms with Crippen molar-refractivity contribution in [3.63, 3.8) is 0 Å². The molecule has 1 unspecified atom stereocenters. The molecule has 4 rings (SSSR count). The number of carbonyl (C=O) groups is 1. The minimum absolute atomic E-state index is 0.0518. The standard InChI is InChI=1S/C19H20N6O2/c1-4-24-16-12(7-5-9-20-16)14(18(24)26)22-23-15-13-8-6-10-21-17(13)25(11(2)3)19(15)27/h5-11,18,26H,4H2,1-3H3/b22-14-,23-15-. The number of carbonyl (C=O) groups excluding carboxylic acids is 1. The van der Waals surface area contributed by atoms with Crippen LogP contribution >= 0.6 is 0 Å². The van der Waals surface area contributed by atoms with E-state index in [1.54, 1.807) is 40.4 Å². The Labute approximate surface area is 156 Å². The van der Waals surface area contributed by atoms with Crippen LogP contribution in [0.2, 0.25) is 0 Å². The zero-order valence-corrected chi connectivity index (χ0v) is 15.4. The van der Waals surface area contributed by atoms with Crippen LogP contribution in [-0.2, 0) is 4.79 Å². The Balaban J connectivity index is 1.80. The number of pyridine rings is 2. The van der Waals surface area contributed by atoms with Gasteiger partial charge in [-0.25, -0.2) is 9.97 Å². The van der Waals surface area contributed by atoms with Crippen molar-refractivity contribution >= 4 is 29.0 Å². The van der Waals surface area contributed by atoms with Crippen LogP contribution in [0.25, 0.3) is 0 Å². The van der Waals surface area contributed by atoms with Crippen LogP contribution < -0.4 is 9.80 Å². The molecule has 1 atom stereocenters. The van der Waals surface area contributed by atoms with E-state index >= 15 is 0 Å². The fourth-order valence-corrected chi connectivity index (χ4v) is 3.44. The van der Waals surface area contributed by atoms with Gasteiger partial charge in [-0.2, -0.15) is 0 Å². The number of amides is 1. The van der Waals surface area contributed by atoms with Gasteiger partial charge < -0.3 is 10.0 Å². The van der Waals surface area contributed by atoms with Crippen molar-refractivity contribution in [2.45, 2.75) is 33.0 Å². The predicted octanol–water partition coefficient (Wildman–Crippen LogP) is 1.58. The summed E-state index contributed by atoms with van der Waals surface area (Å²) >= 11 is 0. The van der Waals surface area contributed by atoms with Gasteiger partial charge >= 0.3 is 0 Å². The molecule has 0 aliphatic carbocycles. The number of anilines is 2. The molecule has 0 aromatic carbocycles. The Morgan fingerprint density at radius 2 is 1.78 bits per heavy atom. The fourth-order valence-electron chi connectivity index (χ4n) is 3.44. The van der Waals surface area contributed by atoms with E-state index in [0.717, 1.165) is 0 Å². The third-order valence-corrected chi connectivity index (χ3v) is 4.68. The molecule has 0 bridgehead atoms. The Morgan fingerprint density at radius 1 is 1.11 bits per heavy atom. The molecule has 2 aromatic rings. The van der Waals surface area contributed by atoms with Crippen molar-refractivity contribution in [1.29, 1.82) is 0 Å². The maximum atomic E-state index is 12.9. The maximum Gasteiger partial charge on any atom is 0.280 e. The monoisotopic (exact) mass is 364 g/mol. The van der Waals surface area contributed by atoms with E-state index in [4.69, 9.17) is 0 Å². The molecular weight excluding hydrogens is 344 g/mol. The summed E-state index contributed by atoms with van der Waals surface area (Å²) in [4.78, 5) is 24.9. The third-order valence-electron chi connectivity index (χ3n) is 4.68. The summed E-state index contributed by atoms with van der Waals surface area (Å²) in [5, 5.41) is 19.1. The summed E-state index contributed by atoms with van der Waals surface area (Å²) < 4.78 is 0. The quantitative estimate of drug-likeness (QED) is 0.835. The molecule has 138 valence electrons. The largest absolute Gasteiger partial charge is 0.368 e. The van der Waals surface area contributed by atoms with Gasteiger partial charge in [-0.15, -0.1) is 10.2 Å². The van der Waals surface area contributed by atoms with E-state index < -0.39 is 6.23 Å². The molecule has 1 N–H and O–H groups in total. The zero-order valence-electron chi connectivity index (χ0n) is 15.4. The van der Waals surface area contributed by atoms with Crippen LogP contribution in [0.5, 0.6) is 0 Å². The highest BCUT2D eigenvalue weighted by atomic mass is 16.3. The lowest BCUT2D eigenvalue weighted by Gasteiger charge is -2.19. The summed E-state index contributed by atoms with van der Waals surface area (Å²) in [6.07, 6.45) is 2.37. The maximum absolute atomic E-state index is 12.9. The van der Waals surface area contributed by atoms with Gasteiger partial charge in [-0.1, -0.05) is 0 Å². The topological polar surface area (TPSA) is 94.3 Å². The molecule has 1 amide bonds. The van der Waals surface area contributed by atoms with Crippen LogP contribution in [-0.4, -0.2) is 51.2 Å². The van der Waals surface area contributed by atoms with Crippen LogP contribution in [0.4, 0.5) is 11.6 Å². The number of aliphatic hydroxyl groups excluding tert-OH is 1. The van der Waals surface area contributed by atoms with Gasteiger partial charge in [0.25, 0.3) is 5.91 Å². The first-order valence-corrected chi connectivity index (χ1v) is 8.89. The number of nitrogens with zero attached hydrogens (tertiary/aromatic N) is 6. The number of rotatable bonds is 3. The van der Waals surface area contributed by atoms with Crippen LogP contribution in [0.3, 0.4) is 0 Å². The number of fused-ring (bicyclic) bond motifs is 2. The van der Waals surface area contributed by atoms with Gasteiger partial charge in [-0.05, 0) is 45.0 Å². The smallest absolute Gasteiger partial charge is 0.280 e. The Kier molecular flexibility index (Phi) is 4.19. The predicted molar refractivity (Wildman–Crippen MR) is 103 cm³/mol. The number of hydrogen-bond donors (Lipinski definition) is 1. The molecule has 4 heterocycles. The molecule has 0 saturated heterocycles. The molecule has 2 aliphatic rings. The van der Waals surface area contributed by atoms with E-state index in [2.05, 4.69) is 20.2 Å². The normalized spacial score (nSPS) is 21.5. The van der Waals surface area contributed by atoms with Crippen molar-refractivity contribution < 1.29 is 9.90 Å². The average Bonchev–Trinajstić information content (AvgIpc) is 3.10. The zero-order chi connectivity index (χ0) is 19.1. The second-order valence-corrected chi connectivity index (χ2v) is 6.61. The lowest BCUT2D eigenvalue weighted by Crippen LogP contribution is -2.36. The average molecular weight is 364 g/mol. The summed E-state index contributed by atoms with van der Waals surface area (Å²) in [5.74, 6) is 1.00. The molecule has 0 radical (unpaired) electrons. The molecule has 0 saturated carbocycles. The first-order valence-electron chi connectivity index (χ1n) is 8.89. The fraction of sp³-hybridized carbons (Fsp3) is 0.316. The van der Waals surface area contributed by atoms with Gasteiger partial charge in [0, 0.05) is 30.5 Å². The van der Waals surface area contributed by atoms with E-state index in [-0.39, 0.29) is 17.7 Å². The van der Waals surface area contributed by atoms with Gasteiger partial charge in [-0.3, -0.25) is 9.69 Å². The summed E-state index contributed by atoms with van der Waals surface area (Å²) in [7, 11) is 0. The van der Waals surface area contributed by atoms with Gasteiger partial charge in [0.15, 0.2) is 11.9 Å². The van der Waals surface area contributed by atoms with E-state index in [0.29, 0.717) is 35.0 Å². The van der Waals surface area contributed by atoms with E-state index in [1.807, 2.05) is 26.8 Å². The molecule has 8 heteroatoms. The first-order chi connectivity index (χ1) is 13.0. The molecule has 2 aromatic heterocycles. The molecule has 27 heavy (non-hydrogen) atoms. The SMILES string of the molecule is CCN1c2ncccc2/C(=N/N=C2\C(=O)N(C(C)C)c3ncccc32)C1O. The van der Waals surface area contributed by atoms with Crippen molar-refractivity contribution in [1.82, 2.24) is 9.97 Å². The lowest BCUT2D eigenvalue weighted by atomic mass is 10.2. The van der Waals surface area contributed by atoms with Crippen LogP contribution in [0.15, 0.2) is 46.9 Å². The van der Waals surface area contributed by atoms with Crippen molar-refractivity contribution in [2.24, 2.45) is 10.2 Å². The number of aliphatic hydroxyl groups is 1. The minimum Gasteiger partial charge on any atom is -0.368 e. The molecule has 2 aliphatic heterocycles. The minimum atomic E-state index is -0.949. The second kappa shape index (κ2) is 6.55. The lowest BCUT2D eigenvalue weighted by molar-refractivity contribution is -0.112. The summed E-state index contributed by atoms with van der Waals surface area (Å²) in [5.41, 5.74) is 1.97. The Hall–Kier alpha value is -3.13. The third kappa shape index (κ3) is 2.60. The van der Waals surface area contributed by atoms with Gasteiger partial charge in [0.05, 0.1) is 5.56 Å². The highest BCUT2D eigenvalue weighted by Gasteiger charge is 2.38. The molecule has 8 nitrogen and oxygen atoms in total. The summed E-state index contributed by atoms with van der Waals surface area (Å²) in [6, 6.07) is 7.14. The Bertz CT molecular complexity index is 968.